The maximum atomic E-state index is 13.1. The molecule has 2 fully saturated rings. The summed E-state index contributed by atoms with van der Waals surface area (Å²) in [7, 11) is -3.45. The summed E-state index contributed by atoms with van der Waals surface area (Å²) in [6.45, 7) is 4.81. The van der Waals surface area contributed by atoms with Crippen LogP contribution in [0.15, 0.2) is 23.1 Å². The van der Waals surface area contributed by atoms with Crippen molar-refractivity contribution in [1.29, 1.82) is 0 Å². The molecular weight excluding hydrogens is 374 g/mol. The molecule has 1 amide bonds. The minimum atomic E-state index is -3.45. The van der Waals surface area contributed by atoms with E-state index in [0.717, 1.165) is 24.2 Å². The van der Waals surface area contributed by atoms with Gasteiger partial charge in [0.1, 0.15) is 0 Å². The lowest BCUT2D eigenvalue weighted by Crippen LogP contribution is -3.15. The topological polar surface area (TPSA) is 70.9 Å². The smallest absolute Gasteiger partial charge is 0.275 e. The number of sulfonamides is 1. The fraction of sp³-hybridized carbons (Fsp3) is 0.667. The van der Waals surface area contributed by atoms with Gasteiger partial charge in [0.25, 0.3) is 5.91 Å². The molecule has 1 atom stereocenters. The van der Waals surface area contributed by atoms with E-state index in [9.17, 15) is 13.2 Å². The van der Waals surface area contributed by atoms with E-state index in [1.807, 2.05) is 12.1 Å². The van der Waals surface area contributed by atoms with Crippen LogP contribution in [-0.2, 0) is 27.7 Å². The highest BCUT2D eigenvalue weighted by Gasteiger charge is 2.33. The predicted molar refractivity (Wildman–Crippen MR) is 108 cm³/mol. The molecule has 3 aliphatic rings. The van der Waals surface area contributed by atoms with Crippen LogP contribution in [0.2, 0.25) is 0 Å². The van der Waals surface area contributed by atoms with Crippen molar-refractivity contribution >= 4 is 15.9 Å². The minimum Gasteiger partial charge on any atom is -0.348 e. The number of quaternary nitrogens is 1. The Morgan fingerprint density at radius 3 is 2.54 bits per heavy atom. The quantitative estimate of drug-likeness (QED) is 0.717. The van der Waals surface area contributed by atoms with Gasteiger partial charge in [0, 0.05) is 6.04 Å². The average Bonchev–Trinajstić information content (AvgIpc) is 3.53. The Kier molecular flexibility index (Phi) is 5.76. The summed E-state index contributed by atoms with van der Waals surface area (Å²) in [6, 6.07) is 5.91. The van der Waals surface area contributed by atoms with Crippen LogP contribution >= 0.6 is 0 Å². The van der Waals surface area contributed by atoms with Gasteiger partial charge in [-0.05, 0) is 74.6 Å². The number of fused-ring (bicyclic) bond motifs is 1. The third-order valence-corrected chi connectivity index (χ3v) is 8.41. The summed E-state index contributed by atoms with van der Waals surface area (Å²) in [5.74, 6) is 0.734. The molecule has 4 rings (SSSR count). The molecule has 0 radical (unpaired) electrons. The average molecular weight is 407 g/mol. The van der Waals surface area contributed by atoms with E-state index < -0.39 is 10.0 Å². The normalized spacial score (nSPS) is 22.5. The van der Waals surface area contributed by atoms with Crippen LogP contribution in [0.4, 0.5) is 0 Å². The Morgan fingerprint density at radius 1 is 1.18 bits per heavy atom. The maximum absolute atomic E-state index is 13.1. The summed E-state index contributed by atoms with van der Waals surface area (Å²) in [6.07, 6.45) is 6.79. The molecule has 6 nitrogen and oxygen atoms in total. The number of hydrogen-bond donors (Lipinski definition) is 2. The van der Waals surface area contributed by atoms with Gasteiger partial charge in [0.05, 0.1) is 31.1 Å². The molecule has 2 aliphatic carbocycles. The third-order valence-electron chi connectivity index (χ3n) is 6.52. The summed E-state index contributed by atoms with van der Waals surface area (Å²) in [5, 5.41) is 3.09. The van der Waals surface area contributed by atoms with Gasteiger partial charge in [-0.3, -0.25) is 4.79 Å². The number of nitrogens with zero attached hydrogens (tertiary/aromatic N) is 1. The Labute approximate surface area is 168 Å². The molecule has 0 unspecified atom stereocenters. The van der Waals surface area contributed by atoms with Gasteiger partial charge < -0.3 is 10.2 Å². The molecule has 1 heterocycles. The molecule has 28 heavy (non-hydrogen) atoms. The first kappa shape index (κ1) is 19.9. The van der Waals surface area contributed by atoms with E-state index in [2.05, 4.69) is 12.2 Å². The van der Waals surface area contributed by atoms with Crippen molar-refractivity contribution in [3.63, 3.8) is 0 Å². The molecule has 154 valence electrons. The van der Waals surface area contributed by atoms with Crippen molar-refractivity contribution in [3.8, 4) is 0 Å². The highest BCUT2D eigenvalue weighted by atomic mass is 32.2. The lowest BCUT2D eigenvalue weighted by atomic mass is 9.92. The van der Waals surface area contributed by atoms with Gasteiger partial charge in [-0.25, -0.2) is 8.42 Å². The second kappa shape index (κ2) is 8.13. The lowest BCUT2D eigenvalue weighted by molar-refractivity contribution is -0.895. The summed E-state index contributed by atoms with van der Waals surface area (Å²) >= 11 is 0. The first-order valence-corrected chi connectivity index (χ1v) is 12.1. The largest absolute Gasteiger partial charge is 0.348 e. The number of benzene rings is 1. The molecule has 0 spiro atoms. The maximum Gasteiger partial charge on any atom is 0.275 e. The molecule has 1 aromatic rings. The number of aryl methyl sites for hydroxylation is 2. The van der Waals surface area contributed by atoms with Gasteiger partial charge >= 0.3 is 0 Å². The number of carbonyl (C=O) groups excluding carboxylic acids is 1. The van der Waals surface area contributed by atoms with Crippen molar-refractivity contribution in [2.24, 2.45) is 5.92 Å². The van der Waals surface area contributed by atoms with E-state index in [1.54, 1.807) is 10.4 Å². The zero-order valence-electron chi connectivity index (χ0n) is 16.7. The van der Waals surface area contributed by atoms with Crippen LogP contribution in [0.3, 0.4) is 0 Å². The van der Waals surface area contributed by atoms with Gasteiger partial charge in [0.15, 0.2) is 6.54 Å². The zero-order valence-corrected chi connectivity index (χ0v) is 17.6. The molecule has 0 bridgehead atoms. The number of rotatable bonds is 6. The monoisotopic (exact) mass is 406 g/mol. The fourth-order valence-corrected chi connectivity index (χ4v) is 5.98. The predicted octanol–water partition coefficient (Wildman–Crippen LogP) is 0.369. The number of carbonyl (C=O) groups is 1. The lowest BCUT2D eigenvalue weighted by Gasteiger charge is -2.31. The Hall–Kier alpha value is -1.44. The summed E-state index contributed by atoms with van der Waals surface area (Å²) in [4.78, 5) is 13.8. The van der Waals surface area contributed by atoms with Crippen LogP contribution in [0.5, 0.6) is 0 Å². The summed E-state index contributed by atoms with van der Waals surface area (Å²) in [5.41, 5.74) is 2.49. The zero-order chi connectivity index (χ0) is 19.7. The number of hydrogen-bond acceptors (Lipinski definition) is 3. The molecular formula is C21H32N3O3S+. The second-order valence-corrected chi connectivity index (χ2v) is 10.6. The number of nitrogens with one attached hydrogen (secondary N) is 2. The molecule has 1 saturated carbocycles. The van der Waals surface area contributed by atoms with Crippen molar-refractivity contribution in [2.75, 3.05) is 32.7 Å². The van der Waals surface area contributed by atoms with E-state index in [-0.39, 0.29) is 11.9 Å². The molecule has 1 saturated heterocycles. The molecule has 0 aromatic heterocycles. The SMILES string of the molecule is C[C@@H](NC(=O)C[NH+]1CCN(S(=O)(=O)c2ccc3c(c2)CCCC3)CC1)C1CC1. The van der Waals surface area contributed by atoms with Crippen LogP contribution in [0, 0.1) is 5.92 Å². The molecule has 1 aromatic carbocycles. The van der Waals surface area contributed by atoms with Crippen LogP contribution in [0.1, 0.15) is 43.7 Å². The van der Waals surface area contributed by atoms with Gasteiger partial charge in [-0.15, -0.1) is 0 Å². The second-order valence-electron chi connectivity index (χ2n) is 8.66. The highest BCUT2D eigenvalue weighted by molar-refractivity contribution is 7.89. The van der Waals surface area contributed by atoms with Crippen LogP contribution in [0.25, 0.3) is 0 Å². The highest BCUT2D eigenvalue weighted by Crippen LogP contribution is 2.32. The van der Waals surface area contributed by atoms with Gasteiger partial charge in [-0.2, -0.15) is 4.31 Å². The van der Waals surface area contributed by atoms with E-state index >= 15 is 0 Å². The van der Waals surface area contributed by atoms with E-state index in [0.29, 0.717) is 43.5 Å². The summed E-state index contributed by atoms with van der Waals surface area (Å²) < 4.78 is 27.7. The van der Waals surface area contributed by atoms with Crippen LogP contribution in [-0.4, -0.2) is 57.4 Å². The van der Waals surface area contributed by atoms with E-state index in [4.69, 9.17) is 0 Å². The Bertz CT molecular complexity index is 827. The van der Waals surface area contributed by atoms with Crippen molar-refractivity contribution < 1.29 is 18.1 Å². The number of amides is 1. The molecule has 1 aliphatic heterocycles. The van der Waals surface area contributed by atoms with E-state index in [1.165, 1.54) is 30.4 Å². The van der Waals surface area contributed by atoms with Crippen molar-refractivity contribution in [1.82, 2.24) is 9.62 Å². The third kappa shape index (κ3) is 4.42. The van der Waals surface area contributed by atoms with Gasteiger partial charge in [0.2, 0.25) is 10.0 Å². The Balaban J connectivity index is 1.33. The van der Waals surface area contributed by atoms with Crippen molar-refractivity contribution in [3.05, 3.63) is 29.3 Å². The minimum absolute atomic E-state index is 0.0837. The van der Waals surface area contributed by atoms with Crippen molar-refractivity contribution in [2.45, 2.75) is 56.4 Å². The standard InChI is InChI=1S/C21H31N3O3S/c1-16(17-6-7-17)22-21(25)15-23-10-12-24(13-11-23)28(26,27)20-9-8-18-4-2-3-5-19(18)14-20/h8-9,14,16-17H,2-7,10-13,15H2,1H3,(H,22,25)/p+1/t16-/m1/s1. The first-order chi connectivity index (χ1) is 13.4. The molecule has 7 heteroatoms. The first-order valence-electron chi connectivity index (χ1n) is 10.7. The van der Waals surface area contributed by atoms with Gasteiger partial charge in [-0.1, -0.05) is 6.07 Å². The molecule has 2 N–H and O–H groups in total. The number of piperazine rings is 1. The van der Waals surface area contributed by atoms with Crippen LogP contribution < -0.4 is 10.2 Å². The fourth-order valence-electron chi connectivity index (χ4n) is 4.49. The Morgan fingerprint density at radius 2 is 1.86 bits per heavy atom.